The van der Waals surface area contributed by atoms with Crippen LogP contribution in [0.5, 0.6) is 0 Å². The smallest absolute Gasteiger partial charge is 0.271 e. The van der Waals surface area contributed by atoms with Crippen LogP contribution in [0.1, 0.15) is 32.1 Å². The Balaban J connectivity index is 1.75. The minimum atomic E-state index is -0.427. The van der Waals surface area contributed by atoms with Gasteiger partial charge in [-0.1, -0.05) is 6.07 Å². The predicted octanol–water partition coefficient (Wildman–Crippen LogP) is 3.37. The maximum Gasteiger partial charge on any atom is 0.271 e. The summed E-state index contributed by atoms with van der Waals surface area (Å²) in [5.41, 5.74) is 8.93. The molecule has 3 rings (SSSR count). The van der Waals surface area contributed by atoms with E-state index in [4.69, 9.17) is 0 Å². The second-order valence-corrected chi connectivity index (χ2v) is 6.95. The zero-order valence-electron chi connectivity index (χ0n) is 16.8. The molecule has 0 saturated carbocycles. The number of hydrogen-bond acceptors (Lipinski definition) is 3. The van der Waals surface area contributed by atoms with Crippen molar-refractivity contribution in [3.63, 3.8) is 0 Å². The highest BCUT2D eigenvalue weighted by atomic mass is 19.1. The first-order valence-electron chi connectivity index (χ1n) is 9.11. The van der Waals surface area contributed by atoms with Crippen LogP contribution in [0.3, 0.4) is 0 Å². The van der Waals surface area contributed by atoms with E-state index in [1.54, 1.807) is 43.3 Å². The minimum absolute atomic E-state index is 0.324. The number of anilines is 1. The van der Waals surface area contributed by atoms with Gasteiger partial charge in [0.1, 0.15) is 5.82 Å². The highest BCUT2D eigenvalue weighted by Crippen LogP contribution is 2.21. The molecule has 0 bridgehead atoms. The lowest BCUT2D eigenvalue weighted by molar-refractivity contribution is 0.0846. The average Bonchev–Trinajstić information content (AvgIpc) is 3.01. The summed E-state index contributed by atoms with van der Waals surface area (Å²) in [5.74, 6) is -1.16. The summed E-state index contributed by atoms with van der Waals surface area (Å²) < 4.78 is 15.1. The molecule has 0 aliphatic rings. The van der Waals surface area contributed by atoms with Gasteiger partial charge in [0, 0.05) is 42.4 Å². The van der Waals surface area contributed by atoms with Gasteiger partial charge in [0.15, 0.2) is 0 Å². The van der Waals surface area contributed by atoms with Gasteiger partial charge in [-0.05, 0) is 62.4 Å². The number of rotatable bonds is 4. The maximum atomic E-state index is 13.2. The van der Waals surface area contributed by atoms with Crippen molar-refractivity contribution in [2.75, 3.05) is 19.0 Å². The Morgan fingerprint density at radius 1 is 0.931 bits per heavy atom. The van der Waals surface area contributed by atoms with Crippen molar-refractivity contribution in [2.24, 2.45) is 0 Å². The fourth-order valence-electron chi connectivity index (χ4n) is 3.16. The lowest BCUT2D eigenvalue weighted by atomic mass is 10.2. The second kappa shape index (κ2) is 8.18. The summed E-state index contributed by atoms with van der Waals surface area (Å²) in [6, 6.07) is 14.9. The first-order chi connectivity index (χ1) is 13.8. The summed E-state index contributed by atoms with van der Waals surface area (Å²) in [4.78, 5) is 26.9. The van der Waals surface area contributed by atoms with Gasteiger partial charge < -0.3 is 9.47 Å². The van der Waals surface area contributed by atoms with Crippen molar-refractivity contribution in [1.82, 2.24) is 15.4 Å². The number of aromatic nitrogens is 1. The van der Waals surface area contributed by atoms with Crippen molar-refractivity contribution < 1.29 is 14.0 Å². The fourth-order valence-corrected chi connectivity index (χ4v) is 3.16. The number of nitrogens with one attached hydrogen (secondary N) is 2. The molecule has 0 fully saturated rings. The fraction of sp³-hybridized carbons (Fsp3) is 0.182. The Morgan fingerprint density at radius 3 is 2.24 bits per heavy atom. The lowest BCUT2D eigenvalue weighted by Gasteiger charge is -2.14. The molecule has 2 aromatic carbocycles. The number of nitrogens with zero attached hydrogens (tertiary/aromatic N) is 2. The molecule has 0 radical (unpaired) electrons. The molecule has 29 heavy (non-hydrogen) atoms. The molecule has 0 atom stereocenters. The number of hydrogen-bond donors (Lipinski definition) is 2. The third-order valence-electron chi connectivity index (χ3n) is 4.67. The molecule has 3 aromatic rings. The van der Waals surface area contributed by atoms with Crippen LogP contribution in [-0.2, 0) is 0 Å². The Hall–Kier alpha value is -3.61. The largest absolute Gasteiger partial charge is 0.378 e. The molecule has 2 N–H and O–H groups in total. The maximum absolute atomic E-state index is 13.2. The molecular formula is C22H23FN4O2. The number of carbonyl (C=O) groups is 2. The highest BCUT2D eigenvalue weighted by Gasteiger charge is 2.17. The van der Waals surface area contributed by atoms with Crippen LogP contribution >= 0.6 is 0 Å². The van der Waals surface area contributed by atoms with Crippen LogP contribution < -0.4 is 15.8 Å². The van der Waals surface area contributed by atoms with Gasteiger partial charge in [-0.25, -0.2) is 4.39 Å². The molecule has 1 heterocycles. The summed E-state index contributed by atoms with van der Waals surface area (Å²) in [6.45, 7) is 3.66. The van der Waals surface area contributed by atoms with Crippen LogP contribution in [0.25, 0.3) is 5.69 Å². The molecule has 6 nitrogen and oxygen atoms in total. The Labute approximate surface area is 168 Å². The van der Waals surface area contributed by atoms with Crippen LogP contribution in [-0.4, -0.2) is 30.5 Å². The van der Waals surface area contributed by atoms with Gasteiger partial charge in [0.05, 0.1) is 5.56 Å². The number of amides is 2. The average molecular weight is 394 g/mol. The predicted molar refractivity (Wildman–Crippen MR) is 111 cm³/mol. The zero-order chi connectivity index (χ0) is 21.1. The number of halogens is 1. The number of hydrazine groups is 1. The first-order valence-corrected chi connectivity index (χ1v) is 9.11. The molecule has 0 spiro atoms. The van der Waals surface area contributed by atoms with Crippen molar-refractivity contribution in [2.45, 2.75) is 13.8 Å². The summed E-state index contributed by atoms with van der Waals surface area (Å²) >= 11 is 0. The van der Waals surface area contributed by atoms with E-state index in [1.807, 2.05) is 36.6 Å². The van der Waals surface area contributed by atoms with Crippen molar-refractivity contribution in [1.29, 1.82) is 0 Å². The number of benzene rings is 2. The van der Waals surface area contributed by atoms with Crippen LogP contribution in [0.2, 0.25) is 0 Å². The van der Waals surface area contributed by atoms with Gasteiger partial charge in [0.25, 0.3) is 11.8 Å². The van der Waals surface area contributed by atoms with E-state index >= 15 is 0 Å². The van der Waals surface area contributed by atoms with Crippen LogP contribution in [0.4, 0.5) is 10.1 Å². The summed E-state index contributed by atoms with van der Waals surface area (Å²) in [6.07, 6.45) is 0. The topological polar surface area (TPSA) is 66.4 Å². The SMILES string of the molecule is Cc1cc(C(=O)NNC(=O)c2cccc(N(C)C)c2)c(C)n1-c1ccc(F)cc1. The van der Waals surface area contributed by atoms with E-state index in [9.17, 15) is 14.0 Å². The standard InChI is InChI=1S/C22H23FN4O2/c1-14-12-20(15(2)27(14)18-10-8-17(23)9-11-18)22(29)25-24-21(28)16-6-5-7-19(13-16)26(3)4/h5-13H,1-4H3,(H,24,28)(H,25,29). The highest BCUT2D eigenvalue weighted by molar-refractivity contribution is 6.00. The van der Waals surface area contributed by atoms with E-state index in [-0.39, 0.29) is 5.82 Å². The normalized spacial score (nSPS) is 10.5. The molecule has 0 saturated heterocycles. The van der Waals surface area contributed by atoms with Crippen molar-refractivity contribution in [3.05, 3.63) is 82.9 Å². The van der Waals surface area contributed by atoms with E-state index in [2.05, 4.69) is 10.9 Å². The number of carbonyl (C=O) groups excluding carboxylic acids is 2. The lowest BCUT2D eigenvalue weighted by Crippen LogP contribution is -2.41. The molecule has 0 aliphatic heterocycles. The molecule has 2 amide bonds. The molecule has 7 heteroatoms. The van der Waals surface area contributed by atoms with Crippen LogP contribution in [0, 0.1) is 19.7 Å². The Morgan fingerprint density at radius 2 is 1.59 bits per heavy atom. The van der Waals surface area contributed by atoms with Gasteiger partial charge in [-0.15, -0.1) is 0 Å². The van der Waals surface area contributed by atoms with E-state index in [0.717, 1.165) is 17.1 Å². The second-order valence-electron chi connectivity index (χ2n) is 6.95. The third kappa shape index (κ3) is 4.29. The van der Waals surface area contributed by atoms with Gasteiger partial charge in [-0.3, -0.25) is 20.4 Å². The molecule has 0 aliphatic carbocycles. The quantitative estimate of drug-likeness (QED) is 0.667. The molecule has 0 unspecified atom stereocenters. The van der Waals surface area contributed by atoms with Gasteiger partial charge >= 0.3 is 0 Å². The monoisotopic (exact) mass is 394 g/mol. The Bertz CT molecular complexity index is 1060. The minimum Gasteiger partial charge on any atom is -0.378 e. The van der Waals surface area contributed by atoms with E-state index in [1.165, 1.54) is 12.1 Å². The molecule has 1 aromatic heterocycles. The third-order valence-corrected chi connectivity index (χ3v) is 4.67. The van der Waals surface area contributed by atoms with Crippen molar-refractivity contribution >= 4 is 17.5 Å². The van der Waals surface area contributed by atoms with E-state index in [0.29, 0.717) is 16.8 Å². The molecular weight excluding hydrogens is 371 g/mol. The van der Waals surface area contributed by atoms with E-state index < -0.39 is 11.8 Å². The first kappa shape index (κ1) is 20.1. The Kier molecular flexibility index (Phi) is 5.68. The van der Waals surface area contributed by atoms with Crippen LogP contribution in [0.15, 0.2) is 54.6 Å². The van der Waals surface area contributed by atoms with Crippen molar-refractivity contribution in [3.8, 4) is 5.69 Å². The summed E-state index contributed by atoms with van der Waals surface area (Å²) in [7, 11) is 3.77. The summed E-state index contributed by atoms with van der Waals surface area (Å²) in [5, 5.41) is 0. The van der Waals surface area contributed by atoms with Gasteiger partial charge in [0.2, 0.25) is 0 Å². The zero-order valence-corrected chi connectivity index (χ0v) is 16.8. The number of aryl methyl sites for hydroxylation is 1. The van der Waals surface area contributed by atoms with Gasteiger partial charge in [-0.2, -0.15) is 0 Å². The molecule has 150 valence electrons.